The first kappa shape index (κ1) is 15.7. The average molecular weight is 278 g/mol. The lowest BCUT2D eigenvalue weighted by Gasteiger charge is -2.20. The van der Waals surface area contributed by atoms with Gasteiger partial charge in [-0.2, -0.15) is 0 Å². The van der Waals surface area contributed by atoms with Gasteiger partial charge in [-0.3, -0.25) is 14.4 Å². The predicted molar refractivity (Wildman–Crippen MR) is 74.8 cm³/mol. The number of benzene rings is 1. The third-order valence-corrected chi connectivity index (χ3v) is 2.79. The molecule has 0 aliphatic heterocycles. The van der Waals surface area contributed by atoms with Crippen molar-refractivity contribution in [3.8, 4) is 5.75 Å². The number of nitrogens with one attached hydrogen (secondary N) is 1. The summed E-state index contributed by atoms with van der Waals surface area (Å²) in [5.74, 6) is 0.368. The molecule has 108 valence electrons. The van der Waals surface area contributed by atoms with E-state index in [1.54, 1.807) is 25.2 Å². The number of hydrogen-bond acceptors (Lipinski definition) is 4. The molecule has 0 heterocycles. The van der Waals surface area contributed by atoms with E-state index in [1.807, 2.05) is 6.92 Å². The van der Waals surface area contributed by atoms with E-state index in [0.29, 0.717) is 24.1 Å². The monoisotopic (exact) mass is 278 g/mol. The summed E-state index contributed by atoms with van der Waals surface area (Å²) < 4.78 is 5.20. The molecule has 0 aliphatic carbocycles. The first-order valence-corrected chi connectivity index (χ1v) is 6.22. The van der Waals surface area contributed by atoms with Crippen molar-refractivity contribution in [2.45, 2.75) is 13.3 Å². The molecule has 0 saturated carbocycles. The van der Waals surface area contributed by atoms with Gasteiger partial charge in [-0.05, 0) is 18.6 Å². The summed E-state index contributed by atoms with van der Waals surface area (Å²) in [5.41, 5.74) is 1.54. The van der Waals surface area contributed by atoms with Gasteiger partial charge in [0, 0.05) is 31.8 Å². The molecule has 1 rings (SSSR count). The number of aryl methyl sites for hydroxylation is 1. The summed E-state index contributed by atoms with van der Waals surface area (Å²) in [6.45, 7) is 2.10. The largest absolute Gasteiger partial charge is 0.486 e. The second-order valence-corrected chi connectivity index (χ2v) is 4.15. The summed E-state index contributed by atoms with van der Waals surface area (Å²) in [4.78, 5) is 34.2. The van der Waals surface area contributed by atoms with E-state index in [9.17, 15) is 14.4 Å². The van der Waals surface area contributed by atoms with E-state index in [-0.39, 0.29) is 25.5 Å². The van der Waals surface area contributed by atoms with E-state index in [2.05, 4.69) is 5.32 Å². The Kier molecular flexibility index (Phi) is 6.22. The Labute approximate surface area is 117 Å². The molecule has 2 amide bonds. The van der Waals surface area contributed by atoms with Gasteiger partial charge in [0.15, 0.2) is 6.29 Å². The van der Waals surface area contributed by atoms with Crippen LogP contribution in [0.1, 0.15) is 12.0 Å². The zero-order valence-corrected chi connectivity index (χ0v) is 11.6. The molecule has 1 aromatic rings. The molecule has 0 fully saturated rings. The molecule has 1 N–H and O–H groups in total. The van der Waals surface area contributed by atoms with E-state index < -0.39 is 0 Å². The average Bonchev–Trinajstić information content (AvgIpc) is 2.47. The molecule has 20 heavy (non-hydrogen) atoms. The van der Waals surface area contributed by atoms with Crippen LogP contribution in [0.3, 0.4) is 0 Å². The maximum atomic E-state index is 11.2. The van der Waals surface area contributed by atoms with Crippen LogP contribution >= 0.6 is 0 Å². The number of nitrogens with zero attached hydrogens (tertiary/aromatic N) is 1. The fourth-order valence-corrected chi connectivity index (χ4v) is 1.70. The SMILES string of the molecule is CNC(=O)CCN(C=O)c1cc(OCC=O)ccc1C. The second kappa shape index (κ2) is 7.93. The van der Waals surface area contributed by atoms with Crippen LogP contribution in [0.4, 0.5) is 5.69 Å². The maximum Gasteiger partial charge on any atom is 0.221 e. The molecule has 0 atom stereocenters. The van der Waals surface area contributed by atoms with Gasteiger partial charge in [0.05, 0.1) is 0 Å². The molecule has 0 spiro atoms. The minimum absolute atomic E-state index is 0.0399. The van der Waals surface area contributed by atoms with Gasteiger partial charge < -0.3 is 15.0 Å². The molecule has 0 bridgehead atoms. The van der Waals surface area contributed by atoms with Gasteiger partial charge in [-0.15, -0.1) is 0 Å². The summed E-state index contributed by atoms with van der Waals surface area (Å²) in [5, 5.41) is 2.50. The molecular weight excluding hydrogens is 260 g/mol. The number of anilines is 1. The number of aldehydes is 1. The molecule has 6 heteroatoms. The highest BCUT2D eigenvalue weighted by molar-refractivity contribution is 5.81. The number of rotatable bonds is 8. The number of carbonyl (C=O) groups excluding carboxylic acids is 3. The van der Waals surface area contributed by atoms with Crippen LogP contribution in [0.15, 0.2) is 18.2 Å². The first-order chi connectivity index (χ1) is 9.62. The third-order valence-electron chi connectivity index (χ3n) is 2.79. The Morgan fingerprint density at radius 1 is 1.40 bits per heavy atom. The van der Waals surface area contributed by atoms with Crippen molar-refractivity contribution in [1.82, 2.24) is 5.32 Å². The lowest BCUT2D eigenvalue weighted by molar-refractivity contribution is -0.120. The van der Waals surface area contributed by atoms with Crippen molar-refractivity contribution < 1.29 is 19.1 Å². The Morgan fingerprint density at radius 2 is 2.15 bits per heavy atom. The molecule has 0 unspecified atom stereocenters. The summed E-state index contributed by atoms with van der Waals surface area (Å²) in [6.07, 6.45) is 1.55. The van der Waals surface area contributed by atoms with Crippen molar-refractivity contribution in [3.63, 3.8) is 0 Å². The van der Waals surface area contributed by atoms with Gasteiger partial charge in [-0.1, -0.05) is 6.07 Å². The molecule has 1 aromatic carbocycles. The van der Waals surface area contributed by atoms with Gasteiger partial charge >= 0.3 is 0 Å². The minimum atomic E-state index is -0.136. The van der Waals surface area contributed by atoms with Gasteiger partial charge in [0.1, 0.15) is 12.4 Å². The third kappa shape index (κ3) is 4.38. The standard InChI is InChI=1S/C14H18N2O4/c1-11-3-4-12(20-8-7-17)9-13(11)16(10-18)6-5-14(19)15-2/h3-4,7,9-10H,5-6,8H2,1-2H3,(H,15,19). The second-order valence-electron chi connectivity index (χ2n) is 4.15. The van der Waals surface area contributed by atoms with E-state index >= 15 is 0 Å². The normalized spacial score (nSPS) is 9.70. The quantitative estimate of drug-likeness (QED) is 0.709. The Balaban J connectivity index is 2.86. The highest BCUT2D eigenvalue weighted by atomic mass is 16.5. The molecule has 0 aromatic heterocycles. The summed E-state index contributed by atoms with van der Waals surface area (Å²) >= 11 is 0. The highest BCUT2D eigenvalue weighted by Crippen LogP contribution is 2.25. The Morgan fingerprint density at radius 3 is 2.75 bits per heavy atom. The van der Waals surface area contributed by atoms with Crippen molar-refractivity contribution in [2.24, 2.45) is 0 Å². The summed E-state index contributed by atoms with van der Waals surface area (Å²) in [7, 11) is 1.55. The molecule has 0 saturated heterocycles. The van der Waals surface area contributed by atoms with E-state index in [1.165, 1.54) is 4.90 Å². The predicted octanol–water partition coefficient (Wildman–Crippen LogP) is 0.672. The number of ether oxygens (including phenoxy) is 1. The maximum absolute atomic E-state index is 11.2. The highest BCUT2D eigenvalue weighted by Gasteiger charge is 2.11. The molecule has 0 radical (unpaired) electrons. The smallest absolute Gasteiger partial charge is 0.221 e. The minimum Gasteiger partial charge on any atom is -0.486 e. The fourth-order valence-electron chi connectivity index (χ4n) is 1.70. The van der Waals surface area contributed by atoms with Crippen molar-refractivity contribution >= 4 is 24.3 Å². The van der Waals surface area contributed by atoms with Crippen LogP contribution in [0, 0.1) is 6.92 Å². The van der Waals surface area contributed by atoms with Crippen LogP contribution in [-0.4, -0.2) is 38.8 Å². The Bertz CT molecular complexity index is 488. The molecule has 0 aliphatic rings. The van der Waals surface area contributed by atoms with Gasteiger partial charge in [0.25, 0.3) is 0 Å². The van der Waals surface area contributed by atoms with Gasteiger partial charge in [0.2, 0.25) is 12.3 Å². The first-order valence-electron chi connectivity index (χ1n) is 6.22. The van der Waals surface area contributed by atoms with E-state index in [0.717, 1.165) is 5.56 Å². The van der Waals surface area contributed by atoms with Crippen molar-refractivity contribution in [2.75, 3.05) is 25.1 Å². The lowest BCUT2D eigenvalue weighted by atomic mass is 10.1. The number of amides is 2. The van der Waals surface area contributed by atoms with Crippen LogP contribution in [0.25, 0.3) is 0 Å². The topological polar surface area (TPSA) is 75.7 Å². The van der Waals surface area contributed by atoms with Crippen LogP contribution < -0.4 is 15.0 Å². The van der Waals surface area contributed by atoms with Gasteiger partial charge in [-0.25, -0.2) is 0 Å². The van der Waals surface area contributed by atoms with Crippen LogP contribution in [-0.2, 0) is 14.4 Å². The summed E-state index contributed by atoms with van der Waals surface area (Å²) in [6, 6.07) is 5.20. The number of carbonyl (C=O) groups is 3. The van der Waals surface area contributed by atoms with Crippen molar-refractivity contribution in [3.05, 3.63) is 23.8 Å². The van der Waals surface area contributed by atoms with Crippen LogP contribution in [0.2, 0.25) is 0 Å². The lowest BCUT2D eigenvalue weighted by Crippen LogP contribution is -2.28. The van der Waals surface area contributed by atoms with Crippen LogP contribution in [0.5, 0.6) is 5.75 Å². The van der Waals surface area contributed by atoms with Crippen molar-refractivity contribution in [1.29, 1.82) is 0 Å². The Hall–Kier alpha value is -2.37. The zero-order chi connectivity index (χ0) is 15.0. The molecule has 6 nitrogen and oxygen atoms in total. The fraction of sp³-hybridized carbons (Fsp3) is 0.357. The number of hydrogen-bond donors (Lipinski definition) is 1. The van der Waals surface area contributed by atoms with E-state index in [4.69, 9.17) is 4.74 Å². The zero-order valence-electron chi connectivity index (χ0n) is 11.6. The molecular formula is C14H18N2O4.